The lowest BCUT2D eigenvalue weighted by Gasteiger charge is -2.25. The van der Waals surface area contributed by atoms with E-state index in [4.69, 9.17) is 10.2 Å². The Hall–Kier alpha value is -3.42. The number of amides is 2. The van der Waals surface area contributed by atoms with Crippen LogP contribution >= 0.6 is 12.6 Å². The minimum absolute atomic E-state index is 0.102. The van der Waals surface area contributed by atoms with Gasteiger partial charge in [-0.25, -0.2) is 0 Å². The fourth-order valence-corrected chi connectivity index (χ4v) is 4.00. The Kier molecular flexibility index (Phi) is 23.1. The number of thiol groups is 1. The van der Waals surface area contributed by atoms with Gasteiger partial charge in [0.2, 0.25) is 11.8 Å². The van der Waals surface area contributed by atoms with E-state index >= 15 is 0 Å². The van der Waals surface area contributed by atoms with Crippen molar-refractivity contribution in [3.05, 3.63) is 48.6 Å². The molecule has 0 radical (unpaired) electrons. The third-order valence-corrected chi connectivity index (χ3v) is 6.47. The van der Waals surface area contributed by atoms with Crippen LogP contribution in [0, 0.1) is 0 Å². The monoisotopic (exact) mass is 625 g/mol. The van der Waals surface area contributed by atoms with Crippen molar-refractivity contribution in [1.82, 2.24) is 16.0 Å². The SMILES string of the molecule is CCCCCC=CCC=CC=CC=CC(N[C@@H](CCC(=O)N[C@@H](CS)C(=O)NCC(=O)O)C(=O)O)C(O)CCCC(=O)O. The zero-order valence-electron chi connectivity index (χ0n) is 24.7. The molecule has 0 bridgehead atoms. The fraction of sp³-hybridized carbons (Fsp3) is 0.567. The van der Waals surface area contributed by atoms with E-state index in [0.717, 1.165) is 12.8 Å². The number of unbranched alkanes of at least 4 members (excludes halogenated alkanes) is 3. The summed E-state index contributed by atoms with van der Waals surface area (Å²) in [6.07, 6.45) is 18.8. The first-order chi connectivity index (χ1) is 20.5. The van der Waals surface area contributed by atoms with Crippen molar-refractivity contribution in [2.75, 3.05) is 12.3 Å². The number of hydrogen-bond acceptors (Lipinski definition) is 8. The molecule has 4 atom stereocenters. The van der Waals surface area contributed by atoms with Crippen LogP contribution < -0.4 is 16.0 Å². The number of carbonyl (C=O) groups excluding carboxylic acids is 2. The molecule has 43 heavy (non-hydrogen) atoms. The predicted molar refractivity (Wildman–Crippen MR) is 167 cm³/mol. The molecule has 0 aromatic rings. The molecule has 7 N–H and O–H groups in total. The van der Waals surface area contributed by atoms with Gasteiger partial charge in [0.15, 0.2) is 0 Å². The normalized spacial score (nSPS) is 14.7. The smallest absolute Gasteiger partial charge is 0.322 e. The Morgan fingerprint density at radius 2 is 1.53 bits per heavy atom. The van der Waals surface area contributed by atoms with E-state index in [1.54, 1.807) is 24.3 Å². The lowest BCUT2D eigenvalue weighted by molar-refractivity contribution is -0.140. The number of carbonyl (C=O) groups is 5. The molecule has 0 heterocycles. The van der Waals surface area contributed by atoms with Crippen molar-refractivity contribution in [1.29, 1.82) is 0 Å². The number of rotatable bonds is 25. The largest absolute Gasteiger partial charge is 0.481 e. The van der Waals surface area contributed by atoms with Crippen LogP contribution in [0.5, 0.6) is 0 Å². The molecule has 0 spiro atoms. The summed E-state index contributed by atoms with van der Waals surface area (Å²) in [5, 5.41) is 45.4. The number of aliphatic carboxylic acids is 3. The van der Waals surface area contributed by atoms with Crippen molar-refractivity contribution < 1.29 is 44.4 Å². The van der Waals surface area contributed by atoms with E-state index in [9.17, 15) is 34.2 Å². The van der Waals surface area contributed by atoms with Gasteiger partial charge >= 0.3 is 17.9 Å². The zero-order chi connectivity index (χ0) is 32.5. The van der Waals surface area contributed by atoms with Gasteiger partial charge < -0.3 is 31.1 Å². The standard InChI is InChI=1S/C30H47N3O9S/c1-2-3-4-5-6-7-8-9-10-11-12-13-15-22(25(34)16-14-17-27(36)37)32-23(30(41)42)18-19-26(35)33-24(21-43)29(40)31-20-28(38)39/h6-7,9-13,15,22-25,32,34,43H,2-5,8,14,16-21H2,1H3,(H,31,40)(H,33,35)(H,36,37)(H,38,39)(H,41,42)/t22?,23-,24-,25?/m0/s1. The Morgan fingerprint density at radius 1 is 0.814 bits per heavy atom. The highest BCUT2D eigenvalue weighted by Gasteiger charge is 2.26. The summed E-state index contributed by atoms with van der Waals surface area (Å²) >= 11 is 3.99. The highest BCUT2D eigenvalue weighted by molar-refractivity contribution is 7.80. The number of aliphatic hydroxyl groups is 1. The van der Waals surface area contributed by atoms with Gasteiger partial charge in [-0.3, -0.25) is 29.3 Å². The Bertz CT molecular complexity index is 982. The average Bonchev–Trinajstić information content (AvgIpc) is 2.95. The van der Waals surface area contributed by atoms with Crippen molar-refractivity contribution in [2.45, 2.75) is 95.4 Å². The van der Waals surface area contributed by atoms with E-state index in [0.29, 0.717) is 0 Å². The first-order valence-electron chi connectivity index (χ1n) is 14.4. The molecule has 12 nitrogen and oxygen atoms in total. The Balaban J connectivity index is 5.21. The number of aliphatic hydroxyl groups excluding tert-OH is 1. The van der Waals surface area contributed by atoms with E-state index in [2.05, 4.69) is 47.7 Å². The molecule has 0 aliphatic heterocycles. The topological polar surface area (TPSA) is 202 Å². The molecule has 0 fully saturated rings. The summed E-state index contributed by atoms with van der Waals surface area (Å²) in [6, 6.07) is -3.22. The lowest BCUT2D eigenvalue weighted by atomic mass is 10.0. The van der Waals surface area contributed by atoms with E-state index in [1.807, 2.05) is 12.2 Å². The van der Waals surface area contributed by atoms with Gasteiger partial charge in [-0.15, -0.1) is 0 Å². The first kappa shape index (κ1) is 39.6. The van der Waals surface area contributed by atoms with E-state index in [1.165, 1.54) is 19.3 Å². The molecule has 0 saturated heterocycles. The zero-order valence-corrected chi connectivity index (χ0v) is 25.6. The van der Waals surface area contributed by atoms with Gasteiger partial charge in [0.05, 0.1) is 12.1 Å². The van der Waals surface area contributed by atoms with E-state index in [-0.39, 0.29) is 37.9 Å². The number of carboxylic acids is 3. The van der Waals surface area contributed by atoms with Gasteiger partial charge in [-0.1, -0.05) is 68.4 Å². The van der Waals surface area contributed by atoms with Crippen LogP contribution in [0.3, 0.4) is 0 Å². The predicted octanol–water partition coefficient (Wildman–Crippen LogP) is 2.60. The maximum atomic E-state index is 12.4. The number of hydrogen-bond donors (Lipinski definition) is 8. The summed E-state index contributed by atoms with van der Waals surface area (Å²) in [7, 11) is 0. The van der Waals surface area contributed by atoms with Crippen LogP contribution in [-0.4, -0.2) is 86.7 Å². The fourth-order valence-electron chi connectivity index (χ4n) is 3.74. The molecule has 0 aliphatic carbocycles. The minimum atomic E-state index is -1.27. The quantitative estimate of drug-likeness (QED) is 0.0322. The third kappa shape index (κ3) is 21.9. The van der Waals surface area contributed by atoms with Gasteiger partial charge in [-0.2, -0.15) is 12.6 Å². The molecular weight excluding hydrogens is 578 g/mol. The summed E-state index contributed by atoms with van der Waals surface area (Å²) in [5.74, 6) is -5.02. The molecule has 13 heteroatoms. The van der Waals surface area contributed by atoms with E-state index < -0.39 is 60.5 Å². The summed E-state index contributed by atoms with van der Waals surface area (Å²) in [4.78, 5) is 57.9. The molecule has 0 aromatic heterocycles. The highest BCUT2D eigenvalue weighted by atomic mass is 32.1. The molecule has 0 aliphatic rings. The first-order valence-corrected chi connectivity index (χ1v) is 15.1. The van der Waals surface area contributed by atoms with Gasteiger partial charge in [0.1, 0.15) is 18.6 Å². The van der Waals surface area contributed by atoms with Crippen LogP contribution in [0.15, 0.2) is 48.6 Å². The van der Waals surface area contributed by atoms with Crippen molar-refractivity contribution in [3.8, 4) is 0 Å². The lowest BCUT2D eigenvalue weighted by Crippen LogP contribution is -2.50. The van der Waals surface area contributed by atoms with Crippen molar-refractivity contribution in [2.24, 2.45) is 0 Å². The number of allylic oxidation sites excluding steroid dienone is 7. The molecule has 0 saturated carbocycles. The average molecular weight is 626 g/mol. The Labute approximate surface area is 258 Å². The maximum Gasteiger partial charge on any atom is 0.322 e. The van der Waals surface area contributed by atoms with Crippen LogP contribution in [0.4, 0.5) is 0 Å². The molecule has 2 unspecified atom stereocenters. The third-order valence-electron chi connectivity index (χ3n) is 6.11. The summed E-state index contributed by atoms with van der Waals surface area (Å²) in [5.41, 5.74) is 0. The maximum absolute atomic E-state index is 12.4. The second-order valence-electron chi connectivity index (χ2n) is 9.79. The minimum Gasteiger partial charge on any atom is -0.481 e. The Morgan fingerprint density at radius 3 is 2.16 bits per heavy atom. The second-order valence-corrected chi connectivity index (χ2v) is 10.2. The molecule has 0 rings (SSSR count). The van der Waals surface area contributed by atoms with Gasteiger partial charge in [0, 0.05) is 18.6 Å². The summed E-state index contributed by atoms with van der Waals surface area (Å²) < 4.78 is 0. The molecule has 0 aromatic carbocycles. The van der Waals surface area contributed by atoms with Gasteiger partial charge in [-0.05, 0) is 38.5 Å². The number of nitrogens with one attached hydrogen (secondary N) is 3. The van der Waals surface area contributed by atoms with Crippen molar-refractivity contribution in [3.63, 3.8) is 0 Å². The van der Waals surface area contributed by atoms with Crippen LogP contribution in [0.25, 0.3) is 0 Å². The van der Waals surface area contributed by atoms with Gasteiger partial charge in [0.25, 0.3) is 0 Å². The van der Waals surface area contributed by atoms with Crippen molar-refractivity contribution >= 4 is 42.4 Å². The highest BCUT2D eigenvalue weighted by Crippen LogP contribution is 2.10. The van der Waals surface area contributed by atoms with Crippen LogP contribution in [-0.2, 0) is 24.0 Å². The molecular formula is C30H47N3O9S. The molecule has 242 valence electrons. The summed E-state index contributed by atoms with van der Waals surface area (Å²) in [6.45, 7) is 1.54. The second kappa shape index (κ2) is 25.1. The number of carboxylic acid groups (broad SMARTS) is 3. The van der Waals surface area contributed by atoms with Crippen LogP contribution in [0.2, 0.25) is 0 Å². The molecule has 2 amide bonds. The van der Waals surface area contributed by atoms with Crippen LogP contribution in [0.1, 0.15) is 71.1 Å².